The zero-order valence-corrected chi connectivity index (χ0v) is 13.5. The molecule has 0 aliphatic carbocycles. The SMILES string of the molecule is COc1ncccc1C(=O)NCC(C(C)C)N1CCOCC1. The van der Waals surface area contributed by atoms with Crippen molar-refractivity contribution in [2.75, 3.05) is 40.0 Å². The monoisotopic (exact) mass is 307 g/mol. The Labute approximate surface area is 131 Å². The van der Waals surface area contributed by atoms with Gasteiger partial charge in [0, 0.05) is 31.9 Å². The summed E-state index contributed by atoms with van der Waals surface area (Å²) in [5, 5.41) is 3.01. The van der Waals surface area contributed by atoms with E-state index < -0.39 is 0 Å². The van der Waals surface area contributed by atoms with Crippen LogP contribution in [0.3, 0.4) is 0 Å². The zero-order chi connectivity index (χ0) is 15.9. The largest absolute Gasteiger partial charge is 0.480 e. The summed E-state index contributed by atoms with van der Waals surface area (Å²) in [6.45, 7) is 8.30. The first-order valence-electron chi connectivity index (χ1n) is 7.72. The Morgan fingerprint density at radius 2 is 2.18 bits per heavy atom. The number of carbonyl (C=O) groups excluding carboxylic acids is 1. The Kier molecular flexibility index (Phi) is 6.15. The summed E-state index contributed by atoms with van der Waals surface area (Å²) in [7, 11) is 1.52. The van der Waals surface area contributed by atoms with Gasteiger partial charge in [-0.1, -0.05) is 13.8 Å². The van der Waals surface area contributed by atoms with Gasteiger partial charge in [0.2, 0.25) is 5.88 Å². The van der Waals surface area contributed by atoms with Crippen LogP contribution < -0.4 is 10.1 Å². The van der Waals surface area contributed by atoms with Crippen molar-refractivity contribution in [1.29, 1.82) is 0 Å². The van der Waals surface area contributed by atoms with Gasteiger partial charge in [-0.25, -0.2) is 4.98 Å². The van der Waals surface area contributed by atoms with E-state index in [4.69, 9.17) is 9.47 Å². The van der Waals surface area contributed by atoms with Crippen LogP contribution in [-0.2, 0) is 4.74 Å². The van der Waals surface area contributed by atoms with Crippen molar-refractivity contribution in [1.82, 2.24) is 15.2 Å². The number of ether oxygens (including phenoxy) is 2. The summed E-state index contributed by atoms with van der Waals surface area (Å²) in [4.78, 5) is 18.8. The number of pyridine rings is 1. The van der Waals surface area contributed by atoms with Crippen LogP contribution in [0.4, 0.5) is 0 Å². The molecule has 2 rings (SSSR count). The molecule has 1 amide bonds. The van der Waals surface area contributed by atoms with Crippen molar-refractivity contribution in [2.24, 2.45) is 5.92 Å². The van der Waals surface area contributed by atoms with Gasteiger partial charge < -0.3 is 14.8 Å². The van der Waals surface area contributed by atoms with Gasteiger partial charge in [-0.05, 0) is 18.1 Å². The Morgan fingerprint density at radius 1 is 1.45 bits per heavy atom. The van der Waals surface area contributed by atoms with Gasteiger partial charge in [0.15, 0.2) is 0 Å². The smallest absolute Gasteiger partial charge is 0.256 e. The number of morpholine rings is 1. The number of nitrogens with one attached hydrogen (secondary N) is 1. The molecule has 1 aromatic heterocycles. The van der Waals surface area contributed by atoms with Gasteiger partial charge >= 0.3 is 0 Å². The van der Waals surface area contributed by atoms with E-state index in [9.17, 15) is 4.79 Å². The maximum atomic E-state index is 12.4. The predicted octanol–water partition coefficient (Wildman–Crippen LogP) is 1.18. The molecule has 1 saturated heterocycles. The van der Waals surface area contributed by atoms with Gasteiger partial charge in [-0.15, -0.1) is 0 Å². The molecule has 122 valence electrons. The number of amides is 1. The van der Waals surface area contributed by atoms with Crippen molar-refractivity contribution in [2.45, 2.75) is 19.9 Å². The molecule has 1 atom stereocenters. The molecule has 6 nitrogen and oxygen atoms in total. The number of nitrogens with zero attached hydrogens (tertiary/aromatic N) is 2. The van der Waals surface area contributed by atoms with Crippen LogP contribution in [-0.4, -0.2) is 61.8 Å². The summed E-state index contributed by atoms with van der Waals surface area (Å²) >= 11 is 0. The molecular formula is C16H25N3O3. The summed E-state index contributed by atoms with van der Waals surface area (Å²) in [6, 6.07) is 3.76. The molecular weight excluding hydrogens is 282 g/mol. The molecule has 22 heavy (non-hydrogen) atoms. The van der Waals surface area contributed by atoms with E-state index in [1.807, 2.05) is 0 Å². The van der Waals surface area contributed by atoms with Crippen molar-refractivity contribution >= 4 is 5.91 Å². The third kappa shape index (κ3) is 4.18. The minimum atomic E-state index is -0.149. The number of rotatable bonds is 6. The normalized spacial score (nSPS) is 17.3. The Balaban J connectivity index is 1.98. The van der Waals surface area contributed by atoms with Crippen LogP contribution in [0.15, 0.2) is 18.3 Å². The second kappa shape index (κ2) is 8.10. The molecule has 1 N–H and O–H groups in total. The first-order chi connectivity index (χ1) is 10.6. The lowest BCUT2D eigenvalue weighted by molar-refractivity contribution is 0.00672. The van der Waals surface area contributed by atoms with E-state index in [-0.39, 0.29) is 5.91 Å². The Hall–Kier alpha value is -1.66. The highest BCUT2D eigenvalue weighted by Crippen LogP contribution is 2.15. The fraction of sp³-hybridized carbons (Fsp3) is 0.625. The van der Waals surface area contributed by atoms with Crippen LogP contribution >= 0.6 is 0 Å². The van der Waals surface area contributed by atoms with Crippen molar-refractivity contribution in [3.63, 3.8) is 0 Å². The topological polar surface area (TPSA) is 63.7 Å². The summed E-state index contributed by atoms with van der Waals surface area (Å²) in [5.74, 6) is 0.658. The quantitative estimate of drug-likeness (QED) is 0.855. The minimum Gasteiger partial charge on any atom is -0.480 e. The molecule has 0 aromatic carbocycles. The Morgan fingerprint density at radius 3 is 2.82 bits per heavy atom. The van der Waals surface area contributed by atoms with Gasteiger partial charge in [0.1, 0.15) is 5.56 Å². The predicted molar refractivity (Wildman–Crippen MR) is 84.1 cm³/mol. The van der Waals surface area contributed by atoms with Gasteiger partial charge in [-0.3, -0.25) is 9.69 Å². The summed E-state index contributed by atoms with van der Waals surface area (Å²) in [5.41, 5.74) is 0.467. The van der Waals surface area contributed by atoms with E-state index in [1.165, 1.54) is 7.11 Å². The molecule has 1 unspecified atom stereocenters. The maximum absolute atomic E-state index is 12.4. The average Bonchev–Trinajstić information content (AvgIpc) is 2.55. The minimum absolute atomic E-state index is 0.149. The zero-order valence-electron chi connectivity index (χ0n) is 13.5. The molecule has 6 heteroatoms. The lowest BCUT2D eigenvalue weighted by Crippen LogP contribution is -2.51. The number of hydrogen-bond acceptors (Lipinski definition) is 5. The van der Waals surface area contributed by atoms with E-state index in [0.717, 1.165) is 26.3 Å². The summed E-state index contributed by atoms with van der Waals surface area (Å²) < 4.78 is 10.5. The second-order valence-electron chi connectivity index (χ2n) is 5.73. The number of aromatic nitrogens is 1. The van der Waals surface area contributed by atoms with E-state index in [1.54, 1.807) is 18.3 Å². The van der Waals surface area contributed by atoms with Gasteiger partial charge in [0.05, 0.1) is 20.3 Å². The lowest BCUT2D eigenvalue weighted by Gasteiger charge is -2.36. The molecule has 0 radical (unpaired) electrons. The fourth-order valence-corrected chi connectivity index (χ4v) is 2.71. The maximum Gasteiger partial charge on any atom is 0.256 e. The van der Waals surface area contributed by atoms with Crippen molar-refractivity contribution < 1.29 is 14.3 Å². The fourth-order valence-electron chi connectivity index (χ4n) is 2.71. The highest BCUT2D eigenvalue weighted by atomic mass is 16.5. The second-order valence-corrected chi connectivity index (χ2v) is 5.73. The summed E-state index contributed by atoms with van der Waals surface area (Å²) in [6.07, 6.45) is 1.61. The first-order valence-corrected chi connectivity index (χ1v) is 7.72. The van der Waals surface area contributed by atoms with Crippen LogP contribution in [0, 0.1) is 5.92 Å². The highest BCUT2D eigenvalue weighted by Gasteiger charge is 2.24. The number of methoxy groups -OCH3 is 1. The van der Waals surface area contributed by atoms with Crippen molar-refractivity contribution in [3.8, 4) is 5.88 Å². The molecule has 2 heterocycles. The van der Waals surface area contributed by atoms with Gasteiger partial charge in [-0.2, -0.15) is 0 Å². The third-order valence-electron chi connectivity index (χ3n) is 3.97. The molecule has 1 aliphatic heterocycles. The first kappa shape index (κ1) is 16.7. The molecule has 0 saturated carbocycles. The average molecular weight is 307 g/mol. The third-order valence-corrected chi connectivity index (χ3v) is 3.97. The standard InChI is InChI=1S/C16H25N3O3/c1-12(2)14(19-7-9-22-10-8-19)11-18-15(20)13-5-4-6-17-16(13)21-3/h4-6,12,14H,7-11H2,1-3H3,(H,18,20). The van der Waals surface area contributed by atoms with E-state index in [0.29, 0.717) is 29.9 Å². The van der Waals surface area contributed by atoms with Crippen LogP contribution in [0.5, 0.6) is 5.88 Å². The highest BCUT2D eigenvalue weighted by molar-refractivity contribution is 5.96. The molecule has 0 spiro atoms. The Bertz CT molecular complexity index is 487. The molecule has 1 aromatic rings. The van der Waals surface area contributed by atoms with Crippen LogP contribution in [0.2, 0.25) is 0 Å². The van der Waals surface area contributed by atoms with Crippen LogP contribution in [0.1, 0.15) is 24.2 Å². The van der Waals surface area contributed by atoms with Crippen LogP contribution in [0.25, 0.3) is 0 Å². The van der Waals surface area contributed by atoms with E-state index in [2.05, 4.69) is 29.0 Å². The van der Waals surface area contributed by atoms with E-state index >= 15 is 0 Å². The number of hydrogen-bond donors (Lipinski definition) is 1. The molecule has 1 fully saturated rings. The lowest BCUT2D eigenvalue weighted by atomic mass is 10.0. The van der Waals surface area contributed by atoms with Crippen molar-refractivity contribution in [3.05, 3.63) is 23.9 Å². The van der Waals surface area contributed by atoms with Gasteiger partial charge in [0.25, 0.3) is 5.91 Å². The number of carbonyl (C=O) groups is 1. The molecule has 0 bridgehead atoms. The molecule has 1 aliphatic rings.